The van der Waals surface area contributed by atoms with E-state index in [0.717, 1.165) is 0 Å². The van der Waals surface area contributed by atoms with Crippen LogP contribution in [0.4, 0.5) is 0 Å². The quantitative estimate of drug-likeness (QED) is 0.775. The summed E-state index contributed by atoms with van der Waals surface area (Å²) >= 11 is 0. The van der Waals surface area contributed by atoms with Gasteiger partial charge in [0.2, 0.25) is 0 Å². The van der Waals surface area contributed by atoms with Gasteiger partial charge in [-0.05, 0) is 31.2 Å². The Morgan fingerprint density at radius 3 is 2.50 bits per heavy atom. The van der Waals surface area contributed by atoms with E-state index >= 15 is 0 Å². The molecule has 0 spiro atoms. The summed E-state index contributed by atoms with van der Waals surface area (Å²) in [5.41, 5.74) is 0.557. The predicted octanol–water partition coefficient (Wildman–Crippen LogP) is 3.27. The van der Waals surface area contributed by atoms with Crippen molar-refractivity contribution in [3.8, 4) is 28.6 Å². The zero-order valence-electron chi connectivity index (χ0n) is 11.9. The van der Waals surface area contributed by atoms with Gasteiger partial charge in [0, 0.05) is 23.8 Å². The molecule has 0 aliphatic heterocycles. The fraction of sp³-hybridized carbons (Fsp3) is 0.118. The van der Waals surface area contributed by atoms with Gasteiger partial charge in [-0.25, -0.2) is 0 Å². The van der Waals surface area contributed by atoms with Crippen molar-refractivity contribution in [2.45, 2.75) is 6.92 Å². The highest BCUT2D eigenvalue weighted by molar-refractivity contribution is 5.86. The van der Waals surface area contributed by atoms with E-state index in [1.807, 2.05) is 6.92 Å². The van der Waals surface area contributed by atoms with Crippen LogP contribution in [0.2, 0.25) is 0 Å². The third-order valence-corrected chi connectivity index (χ3v) is 3.25. The second kappa shape index (κ2) is 5.44. The molecule has 0 aliphatic carbocycles. The maximum atomic E-state index is 12.2. The average Bonchev–Trinajstić information content (AvgIpc) is 2.47. The lowest BCUT2D eigenvalue weighted by Crippen LogP contribution is -2.01. The molecule has 112 valence electrons. The number of fused-ring (bicyclic) bond motifs is 1. The number of rotatable bonds is 3. The van der Waals surface area contributed by atoms with Crippen LogP contribution in [0.15, 0.2) is 51.7 Å². The van der Waals surface area contributed by atoms with Gasteiger partial charge >= 0.3 is 0 Å². The molecule has 22 heavy (non-hydrogen) atoms. The number of aromatic hydroxyl groups is 2. The molecule has 5 heteroatoms. The molecule has 0 aliphatic rings. The maximum absolute atomic E-state index is 12.2. The first-order valence-corrected chi connectivity index (χ1v) is 6.81. The van der Waals surface area contributed by atoms with Crippen LogP contribution in [0.1, 0.15) is 6.92 Å². The third kappa shape index (κ3) is 2.48. The molecule has 0 radical (unpaired) electrons. The Bertz CT molecular complexity index is 878. The number of hydrogen-bond donors (Lipinski definition) is 2. The molecule has 0 unspecified atom stereocenters. The standard InChI is InChI=1S/C17H14O5/c1-2-21-12-7-13(19)17-14(20)9-15(22-16(17)8-12)10-3-5-11(18)6-4-10/h3-9,18-19H,2H2,1H3. The van der Waals surface area contributed by atoms with Crippen molar-refractivity contribution in [3.05, 3.63) is 52.7 Å². The highest BCUT2D eigenvalue weighted by Crippen LogP contribution is 2.31. The molecule has 3 aromatic rings. The molecule has 0 saturated carbocycles. The van der Waals surface area contributed by atoms with Crippen molar-refractivity contribution >= 4 is 11.0 Å². The first-order chi connectivity index (χ1) is 10.6. The summed E-state index contributed by atoms with van der Waals surface area (Å²) in [6, 6.07) is 10.6. The summed E-state index contributed by atoms with van der Waals surface area (Å²) in [5, 5.41) is 19.4. The number of hydrogen-bond acceptors (Lipinski definition) is 5. The normalized spacial score (nSPS) is 10.8. The van der Waals surface area contributed by atoms with Gasteiger partial charge in [0.05, 0.1) is 6.61 Å². The van der Waals surface area contributed by atoms with Crippen LogP contribution in [0, 0.1) is 0 Å². The van der Waals surface area contributed by atoms with Crippen molar-refractivity contribution in [1.29, 1.82) is 0 Å². The van der Waals surface area contributed by atoms with Gasteiger partial charge in [-0.1, -0.05) is 0 Å². The van der Waals surface area contributed by atoms with Crippen molar-refractivity contribution in [2.75, 3.05) is 6.61 Å². The first kappa shape index (κ1) is 14.0. The molecule has 1 heterocycles. The fourth-order valence-electron chi connectivity index (χ4n) is 2.26. The van der Waals surface area contributed by atoms with E-state index in [4.69, 9.17) is 9.15 Å². The van der Waals surface area contributed by atoms with Crippen molar-refractivity contribution in [3.63, 3.8) is 0 Å². The van der Waals surface area contributed by atoms with E-state index in [0.29, 0.717) is 23.7 Å². The van der Waals surface area contributed by atoms with Crippen LogP contribution in [-0.4, -0.2) is 16.8 Å². The minimum absolute atomic E-state index is 0.117. The van der Waals surface area contributed by atoms with Crippen molar-refractivity contribution < 1.29 is 19.4 Å². The molecular weight excluding hydrogens is 284 g/mol. The van der Waals surface area contributed by atoms with Crippen LogP contribution < -0.4 is 10.2 Å². The average molecular weight is 298 g/mol. The number of phenols is 2. The largest absolute Gasteiger partial charge is 0.508 e. The predicted molar refractivity (Wildman–Crippen MR) is 82.4 cm³/mol. The summed E-state index contributed by atoms with van der Waals surface area (Å²) in [6.45, 7) is 2.26. The van der Waals surface area contributed by atoms with Gasteiger partial charge in [-0.3, -0.25) is 4.79 Å². The summed E-state index contributed by atoms with van der Waals surface area (Å²) in [7, 11) is 0. The summed E-state index contributed by atoms with van der Waals surface area (Å²) in [4.78, 5) is 12.2. The van der Waals surface area contributed by atoms with E-state index in [1.165, 1.54) is 24.3 Å². The minimum Gasteiger partial charge on any atom is -0.508 e. The van der Waals surface area contributed by atoms with Crippen LogP contribution in [0.5, 0.6) is 17.2 Å². The van der Waals surface area contributed by atoms with Gasteiger partial charge < -0.3 is 19.4 Å². The smallest absolute Gasteiger partial charge is 0.197 e. The molecule has 0 bridgehead atoms. The van der Waals surface area contributed by atoms with Crippen molar-refractivity contribution in [2.24, 2.45) is 0 Å². The Morgan fingerprint density at radius 2 is 1.82 bits per heavy atom. The Kier molecular flexibility index (Phi) is 3.47. The lowest BCUT2D eigenvalue weighted by atomic mass is 10.1. The van der Waals surface area contributed by atoms with Gasteiger partial charge in [-0.15, -0.1) is 0 Å². The highest BCUT2D eigenvalue weighted by atomic mass is 16.5. The number of ether oxygens (including phenoxy) is 1. The Labute approximate surface area is 126 Å². The van der Waals surface area contributed by atoms with Gasteiger partial charge in [-0.2, -0.15) is 0 Å². The zero-order chi connectivity index (χ0) is 15.7. The molecular formula is C17H14O5. The van der Waals surface area contributed by atoms with E-state index in [1.54, 1.807) is 18.2 Å². The molecule has 0 saturated heterocycles. The van der Waals surface area contributed by atoms with E-state index < -0.39 is 0 Å². The van der Waals surface area contributed by atoms with Crippen LogP contribution >= 0.6 is 0 Å². The van der Waals surface area contributed by atoms with Gasteiger partial charge in [0.25, 0.3) is 0 Å². The molecule has 1 aromatic heterocycles. The molecule has 2 N–H and O–H groups in total. The highest BCUT2D eigenvalue weighted by Gasteiger charge is 2.12. The fourth-order valence-corrected chi connectivity index (χ4v) is 2.26. The molecule has 0 atom stereocenters. The van der Waals surface area contributed by atoms with Crippen LogP contribution in [-0.2, 0) is 0 Å². The van der Waals surface area contributed by atoms with Crippen LogP contribution in [0.3, 0.4) is 0 Å². The molecule has 2 aromatic carbocycles. The van der Waals surface area contributed by atoms with Gasteiger partial charge in [0.15, 0.2) is 5.43 Å². The molecule has 3 rings (SSSR count). The summed E-state index contributed by atoms with van der Waals surface area (Å²) in [5.74, 6) is 0.735. The summed E-state index contributed by atoms with van der Waals surface area (Å²) < 4.78 is 11.1. The molecule has 0 fully saturated rings. The molecule has 5 nitrogen and oxygen atoms in total. The third-order valence-electron chi connectivity index (χ3n) is 3.25. The lowest BCUT2D eigenvalue weighted by molar-refractivity contribution is 0.338. The second-order valence-electron chi connectivity index (χ2n) is 4.77. The number of phenolic OH excluding ortho intramolecular Hbond substituents is 2. The summed E-state index contributed by atoms with van der Waals surface area (Å²) in [6.07, 6.45) is 0. The number of benzene rings is 2. The Hall–Kier alpha value is -2.95. The van der Waals surface area contributed by atoms with E-state index in [9.17, 15) is 15.0 Å². The minimum atomic E-state index is -0.343. The lowest BCUT2D eigenvalue weighted by Gasteiger charge is -2.08. The van der Waals surface area contributed by atoms with Gasteiger partial charge in [0.1, 0.15) is 34.0 Å². The maximum Gasteiger partial charge on any atom is 0.197 e. The van der Waals surface area contributed by atoms with E-state index in [2.05, 4.69) is 0 Å². The van der Waals surface area contributed by atoms with Crippen LogP contribution in [0.25, 0.3) is 22.3 Å². The molecule has 0 amide bonds. The zero-order valence-corrected chi connectivity index (χ0v) is 11.9. The van der Waals surface area contributed by atoms with E-state index in [-0.39, 0.29) is 27.9 Å². The Morgan fingerprint density at radius 1 is 1.09 bits per heavy atom. The monoisotopic (exact) mass is 298 g/mol. The first-order valence-electron chi connectivity index (χ1n) is 6.81. The van der Waals surface area contributed by atoms with Crippen molar-refractivity contribution in [1.82, 2.24) is 0 Å². The Balaban J connectivity index is 2.22. The topological polar surface area (TPSA) is 79.9 Å². The second-order valence-corrected chi connectivity index (χ2v) is 4.77. The SMILES string of the molecule is CCOc1cc(O)c2c(=O)cc(-c3ccc(O)cc3)oc2c1.